The average Bonchev–Trinajstić information content (AvgIpc) is 2.75. The molecule has 0 saturated heterocycles. The molecule has 1 aromatic heterocycles. The summed E-state index contributed by atoms with van der Waals surface area (Å²) in [6, 6.07) is -0.383. The van der Waals surface area contributed by atoms with Crippen molar-refractivity contribution in [3.8, 4) is 0 Å². The number of sulfonamides is 1. The van der Waals surface area contributed by atoms with Crippen molar-refractivity contribution in [2.45, 2.75) is 30.0 Å². The average molecular weight is 294 g/mol. The number of thiazole rings is 1. The second-order valence-corrected chi connectivity index (χ2v) is 6.45. The van der Waals surface area contributed by atoms with Crippen LogP contribution >= 0.6 is 11.3 Å². The standard InChI is InChI=1S/C9H14N2O5S2/c1-6(3-2-4-12)11-18(15,16)9-7(8(13)14)10-5-17-9/h5-6,11-12H,2-4H2,1H3,(H,13,14). The minimum absolute atomic E-state index is 0.0208. The van der Waals surface area contributed by atoms with E-state index in [0.717, 1.165) is 11.3 Å². The fourth-order valence-electron chi connectivity index (χ4n) is 1.34. The van der Waals surface area contributed by atoms with Gasteiger partial charge >= 0.3 is 5.97 Å². The van der Waals surface area contributed by atoms with Crippen LogP contribution in [0.3, 0.4) is 0 Å². The number of hydrogen-bond donors (Lipinski definition) is 3. The lowest BCUT2D eigenvalue weighted by molar-refractivity contribution is 0.0687. The summed E-state index contributed by atoms with van der Waals surface area (Å²) >= 11 is 0.759. The first-order valence-corrected chi connectivity index (χ1v) is 7.54. The van der Waals surface area contributed by atoms with Crippen molar-refractivity contribution in [3.63, 3.8) is 0 Å². The zero-order chi connectivity index (χ0) is 13.8. The molecule has 3 N–H and O–H groups in total. The molecule has 1 unspecified atom stereocenters. The van der Waals surface area contributed by atoms with Gasteiger partial charge in [-0.2, -0.15) is 0 Å². The molecule has 1 atom stereocenters. The Balaban J connectivity index is 2.86. The van der Waals surface area contributed by atoms with Crippen LogP contribution < -0.4 is 4.72 Å². The number of rotatable bonds is 7. The van der Waals surface area contributed by atoms with E-state index in [9.17, 15) is 13.2 Å². The lowest BCUT2D eigenvalue weighted by atomic mass is 10.2. The van der Waals surface area contributed by atoms with E-state index < -0.39 is 21.7 Å². The van der Waals surface area contributed by atoms with Gasteiger partial charge in [-0.25, -0.2) is 22.9 Å². The molecule has 0 radical (unpaired) electrons. The van der Waals surface area contributed by atoms with Crippen molar-refractivity contribution in [3.05, 3.63) is 11.2 Å². The van der Waals surface area contributed by atoms with Gasteiger partial charge in [0.15, 0.2) is 9.90 Å². The van der Waals surface area contributed by atoms with Crippen molar-refractivity contribution >= 4 is 27.3 Å². The number of carboxylic acids is 1. The number of aromatic nitrogens is 1. The van der Waals surface area contributed by atoms with E-state index in [0.29, 0.717) is 12.8 Å². The first-order valence-electron chi connectivity index (χ1n) is 5.18. The van der Waals surface area contributed by atoms with Crippen molar-refractivity contribution < 1.29 is 23.4 Å². The van der Waals surface area contributed by atoms with E-state index in [1.165, 1.54) is 5.51 Å². The van der Waals surface area contributed by atoms with Gasteiger partial charge in [0.1, 0.15) is 0 Å². The van der Waals surface area contributed by atoms with Crippen LogP contribution in [0.2, 0.25) is 0 Å². The van der Waals surface area contributed by atoms with E-state index >= 15 is 0 Å². The van der Waals surface area contributed by atoms with Gasteiger partial charge in [0.25, 0.3) is 10.0 Å². The Morgan fingerprint density at radius 3 is 2.83 bits per heavy atom. The molecule has 102 valence electrons. The number of hydrogen-bond acceptors (Lipinski definition) is 6. The van der Waals surface area contributed by atoms with Gasteiger partial charge in [-0.1, -0.05) is 0 Å². The van der Waals surface area contributed by atoms with E-state index in [-0.39, 0.29) is 16.9 Å². The molecule has 0 aromatic carbocycles. The highest BCUT2D eigenvalue weighted by Gasteiger charge is 2.26. The molecule has 18 heavy (non-hydrogen) atoms. The third-order valence-corrected chi connectivity index (χ3v) is 5.09. The second-order valence-electron chi connectivity index (χ2n) is 3.68. The van der Waals surface area contributed by atoms with Gasteiger partial charge in [0.2, 0.25) is 0 Å². The van der Waals surface area contributed by atoms with E-state index in [4.69, 9.17) is 10.2 Å². The van der Waals surface area contributed by atoms with Crippen molar-refractivity contribution in [2.75, 3.05) is 6.61 Å². The lowest BCUT2D eigenvalue weighted by Gasteiger charge is -2.12. The maximum absolute atomic E-state index is 11.9. The third kappa shape index (κ3) is 3.73. The smallest absolute Gasteiger partial charge is 0.356 e. The highest BCUT2D eigenvalue weighted by atomic mass is 32.2. The number of nitrogens with zero attached hydrogens (tertiary/aromatic N) is 1. The van der Waals surface area contributed by atoms with Crippen LogP contribution in [-0.2, 0) is 10.0 Å². The number of aliphatic hydroxyl groups is 1. The van der Waals surface area contributed by atoms with E-state index in [1.54, 1.807) is 6.92 Å². The Hall–Kier alpha value is -1.03. The Kier molecular flexibility index (Phi) is 5.20. The summed E-state index contributed by atoms with van der Waals surface area (Å²) in [4.78, 5) is 14.3. The molecule has 1 heterocycles. The van der Waals surface area contributed by atoms with Crippen LogP contribution in [0.25, 0.3) is 0 Å². The Morgan fingerprint density at radius 1 is 1.61 bits per heavy atom. The van der Waals surface area contributed by atoms with Crippen LogP contribution in [0, 0.1) is 0 Å². The second kappa shape index (κ2) is 6.23. The number of aliphatic hydroxyl groups excluding tert-OH is 1. The first-order chi connectivity index (χ1) is 8.38. The largest absolute Gasteiger partial charge is 0.476 e. The Labute approximate surface area is 109 Å². The predicted octanol–water partition coefficient (Wildman–Crippen LogP) is 0.281. The fourth-order valence-corrected chi connectivity index (χ4v) is 3.78. The minimum atomic E-state index is -3.88. The molecule has 0 fully saturated rings. The maximum Gasteiger partial charge on any atom is 0.356 e. The molecule has 0 aliphatic heterocycles. The number of carbonyl (C=O) groups is 1. The summed E-state index contributed by atoms with van der Waals surface area (Å²) in [6.45, 7) is 1.63. The molecule has 1 aromatic rings. The molecule has 0 saturated carbocycles. The van der Waals surface area contributed by atoms with Gasteiger partial charge in [0, 0.05) is 12.6 Å². The highest BCUT2D eigenvalue weighted by molar-refractivity contribution is 7.91. The summed E-state index contributed by atoms with van der Waals surface area (Å²) in [7, 11) is -3.88. The van der Waals surface area contributed by atoms with Gasteiger partial charge in [0.05, 0.1) is 5.51 Å². The molecule has 1 rings (SSSR count). The summed E-state index contributed by atoms with van der Waals surface area (Å²) in [5.74, 6) is -1.38. The topological polar surface area (TPSA) is 117 Å². The molecular formula is C9H14N2O5S2. The molecule has 0 aliphatic carbocycles. The molecule has 0 amide bonds. The SMILES string of the molecule is CC(CCCO)NS(=O)(=O)c1scnc1C(=O)O. The molecule has 0 spiro atoms. The van der Waals surface area contributed by atoms with Crippen LogP contribution in [-0.4, -0.2) is 42.2 Å². The fraction of sp³-hybridized carbons (Fsp3) is 0.556. The molecule has 7 nitrogen and oxygen atoms in total. The number of aromatic carboxylic acids is 1. The maximum atomic E-state index is 11.9. The monoisotopic (exact) mass is 294 g/mol. The molecular weight excluding hydrogens is 280 g/mol. The zero-order valence-electron chi connectivity index (χ0n) is 9.66. The molecule has 9 heteroatoms. The predicted molar refractivity (Wildman–Crippen MR) is 65.2 cm³/mol. The van der Waals surface area contributed by atoms with Crippen LogP contribution in [0.15, 0.2) is 9.72 Å². The van der Waals surface area contributed by atoms with Crippen LogP contribution in [0.1, 0.15) is 30.3 Å². The highest BCUT2D eigenvalue weighted by Crippen LogP contribution is 2.20. The van der Waals surface area contributed by atoms with Gasteiger partial charge in [-0.05, 0) is 19.8 Å². The number of nitrogens with one attached hydrogen (secondary N) is 1. The van der Waals surface area contributed by atoms with Crippen LogP contribution in [0.5, 0.6) is 0 Å². The normalized spacial score (nSPS) is 13.4. The summed E-state index contributed by atoms with van der Waals surface area (Å²) in [5.41, 5.74) is 0.706. The lowest BCUT2D eigenvalue weighted by Crippen LogP contribution is -2.33. The summed E-state index contributed by atoms with van der Waals surface area (Å²) in [6.07, 6.45) is 0.940. The van der Waals surface area contributed by atoms with Crippen molar-refractivity contribution in [1.82, 2.24) is 9.71 Å². The number of carboxylic acid groups (broad SMARTS) is 1. The molecule has 0 bridgehead atoms. The van der Waals surface area contributed by atoms with Gasteiger partial charge in [-0.15, -0.1) is 11.3 Å². The van der Waals surface area contributed by atoms with Gasteiger partial charge in [-0.3, -0.25) is 0 Å². The summed E-state index contributed by atoms with van der Waals surface area (Å²) < 4.78 is 25.9. The quantitative estimate of drug-likeness (QED) is 0.665. The van der Waals surface area contributed by atoms with E-state index in [2.05, 4.69) is 9.71 Å². The minimum Gasteiger partial charge on any atom is -0.476 e. The Bertz CT molecular complexity index is 511. The molecule has 0 aliphatic rings. The van der Waals surface area contributed by atoms with Crippen LogP contribution in [0.4, 0.5) is 0 Å². The summed E-state index contributed by atoms with van der Waals surface area (Å²) in [5, 5.41) is 17.5. The van der Waals surface area contributed by atoms with E-state index in [1.807, 2.05) is 0 Å². The Morgan fingerprint density at radius 2 is 2.28 bits per heavy atom. The zero-order valence-corrected chi connectivity index (χ0v) is 11.3. The third-order valence-electron chi connectivity index (χ3n) is 2.13. The first kappa shape index (κ1) is 15.0. The van der Waals surface area contributed by atoms with Gasteiger partial charge < -0.3 is 10.2 Å². The van der Waals surface area contributed by atoms with Crippen molar-refractivity contribution in [2.24, 2.45) is 0 Å². The van der Waals surface area contributed by atoms with Crippen molar-refractivity contribution in [1.29, 1.82) is 0 Å².